The number of anilines is 1. The second-order valence-corrected chi connectivity index (χ2v) is 6.38. The minimum atomic E-state index is -0.173. The number of halogens is 1. The van der Waals surface area contributed by atoms with Gasteiger partial charge in [-0.05, 0) is 41.0 Å². The Balaban J connectivity index is 1.40. The molecule has 0 amide bonds. The lowest BCUT2D eigenvalue weighted by molar-refractivity contribution is 0.250. The lowest BCUT2D eigenvalue weighted by Gasteiger charge is -2.36. The van der Waals surface area contributed by atoms with Crippen LogP contribution in [0.25, 0.3) is 11.1 Å². The number of benzene rings is 1. The van der Waals surface area contributed by atoms with E-state index < -0.39 is 0 Å². The van der Waals surface area contributed by atoms with Gasteiger partial charge in [-0.3, -0.25) is 4.90 Å². The summed E-state index contributed by atoms with van der Waals surface area (Å²) >= 11 is 0. The van der Waals surface area contributed by atoms with Gasteiger partial charge in [0.05, 0.1) is 0 Å². The number of piperazine rings is 1. The summed E-state index contributed by atoms with van der Waals surface area (Å²) in [6.45, 7) is 5.02. The first kappa shape index (κ1) is 15.2. The Labute approximate surface area is 142 Å². The van der Waals surface area contributed by atoms with E-state index in [4.69, 9.17) is 0 Å². The molecule has 1 heterocycles. The lowest BCUT2D eigenvalue weighted by Crippen LogP contribution is -2.45. The number of hydrogen-bond acceptors (Lipinski definition) is 2. The summed E-state index contributed by atoms with van der Waals surface area (Å²) in [6, 6.07) is 21.9. The Bertz CT molecular complexity index is 776. The molecule has 1 fully saturated rings. The third-order valence-electron chi connectivity index (χ3n) is 4.84. The molecular weight excluding hydrogens is 299 g/mol. The monoisotopic (exact) mass is 320 g/mol. The molecule has 0 bridgehead atoms. The van der Waals surface area contributed by atoms with Crippen molar-refractivity contribution in [3.63, 3.8) is 0 Å². The van der Waals surface area contributed by atoms with E-state index in [9.17, 15) is 4.39 Å². The predicted molar refractivity (Wildman–Crippen MR) is 97.0 cm³/mol. The fourth-order valence-electron chi connectivity index (χ4n) is 3.47. The third kappa shape index (κ3) is 3.13. The highest BCUT2D eigenvalue weighted by molar-refractivity contribution is 5.70. The van der Waals surface area contributed by atoms with Gasteiger partial charge in [0.1, 0.15) is 5.82 Å². The first-order chi connectivity index (χ1) is 11.8. The van der Waals surface area contributed by atoms with Crippen molar-refractivity contribution >= 4 is 5.69 Å². The molecule has 0 radical (unpaired) electrons. The molecule has 24 heavy (non-hydrogen) atoms. The van der Waals surface area contributed by atoms with Gasteiger partial charge < -0.3 is 4.90 Å². The maximum atomic E-state index is 13.1. The van der Waals surface area contributed by atoms with Crippen molar-refractivity contribution in [2.75, 3.05) is 31.1 Å². The van der Waals surface area contributed by atoms with Crippen LogP contribution in [0, 0.1) is 5.82 Å². The molecule has 4 rings (SSSR count). The molecule has 0 aromatic heterocycles. The number of nitrogens with zero attached hydrogens (tertiary/aromatic N) is 2. The second kappa shape index (κ2) is 6.62. The molecule has 0 unspecified atom stereocenters. The van der Waals surface area contributed by atoms with Crippen LogP contribution in [-0.4, -0.2) is 31.1 Å². The molecule has 0 spiro atoms. The first-order valence-electron chi connectivity index (χ1n) is 8.49. The zero-order valence-corrected chi connectivity index (χ0v) is 13.7. The molecule has 0 saturated carbocycles. The quantitative estimate of drug-likeness (QED) is 0.712. The zero-order valence-electron chi connectivity index (χ0n) is 13.7. The van der Waals surface area contributed by atoms with Crippen LogP contribution in [0.3, 0.4) is 0 Å². The minimum absolute atomic E-state index is 0.173. The average molecular weight is 320 g/mol. The molecule has 0 N–H and O–H groups in total. The van der Waals surface area contributed by atoms with Crippen LogP contribution in [0.15, 0.2) is 66.7 Å². The normalized spacial score (nSPS) is 15.8. The molecule has 1 aromatic carbocycles. The van der Waals surface area contributed by atoms with Crippen LogP contribution in [0.2, 0.25) is 0 Å². The molecular formula is C21H21FN2. The molecule has 1 aromatic rings. The molecule has 122 valence electrons. The van der Waals surface area contributed by atoms with E-state index in [1.807, 2.05) is 12.1 Å². The Kier molecular flexibility index (Phi) is 4.18. The van der Waals surface area contributed by atoms with Gasteiger partial charge in [-0.15, -0.1) is 0 Å². The number of fused-ring (bicyclic) bond motifs is 1. The summed E-state index contributed by atoms with van der Waals surface area (Å²) in [7, 11) is 0. The van der Waals surface area contributed by atoms with Crippen LogP contribution in [-0.2, 0) is 6.54 Å². The van der Waals surface area contributed by atoms with Gasteiger partial charge in [0, 0.05) is 38.4 Å². The van der Waals surface area contributed by atoms with E-state index in [1.54, 1.807) is 0 Å². The van der Waals surface area contributed by atoms with E-state index in [2.05, 4.69) is 52.3 Å². The largest absolute Gasteiger partial charge is 0.369 e. The van der Waals surface area contributed by atoms with Crippen molar-refractivity contribution < 1.29 is 4.39 Å². The Morgan fingerprint density at radius 2 is 1.50 bits per heavy atom. The Morgan fingerprint density at radius 1 is 0.750 bits per heavy atom. The van der Waals surface area contributed by atoms with Gasteiger partial charge in [-0.25, -0.2) is 4.39 Å². The van der Waals surface area contributed by atoms with Gasteiger partial charge in [0.25, 0.3) is 0 Å². The maximum Gasteiger partial charge on any atom is 0.123 e. The fourth-order valence-corrected chi connectivity index (χ4v) is 3.47. The molecule has 2 nitrogen and oxygen atoms in total. The highest BCUT2D eigenvalue weighted by atomic mass is 19.1. The molecule has 3 heteroatoms. The van der Waals surface area contributed by atoms with Crippen molar-refractivity contribution in [1.82, 2.24) is 4.90 Å². The van der Waals surface area contributed by atoms with Crippen molar-refractivity contribution in [1.29, 1.82) is 0 Å². The number of hydrogen-bond donors (Lipinski definition) is 0. The van der Waals surface area contributed by atoms with Gasteiger partial charge in [-0.2, -0.15) is 0 Å². The maximum absolute atomic E-state index is 13.1. The standard InChI is InChI=1S/C21H21FN2/c22-19-8-10-20(11-9-19)24-14-12-23(13-15-24)16-18-7-6-17-4-2-1-3-5-21(17)18/h1-11H,12-16H2. The highest BCUT2D eigenvalue weighted by Crippen LogP contribution is 2.28. The van der Waals surface area contributed by atoms with Crippen LogP contribution in [0.1, 0.15) is 5.56 Å². The van der Waals surface area contributed by atoms with Crippen LogP contribution in [0.4, 0.5) is 10.1 Å². The molecule has 1 saturated heterocycles. The van der Waals surface area contributed by atoms with Gasteiger partial charge in [0.15, 0.2) is 0 Å². The Morgan fingerprint density at radius 3 is 2.29 bits per heavy atom. The average Bonchev–Trinajstić information content (AvgIpc) is 2.83. The first-order valence-corrected chi connectivity index (χ1v) is 8.49. The molecule has 1 aliphatic heterocycles. The molecule has 3 aliphatic rings. The predicted octanol–water partition coefficient (Wildman–Crippen LogP) is 4.25. The van der Waals surface area contributed by atoms with Crippen molar-refractivity contribution in [2.24, 2.45) is 0 Å². The third-order valence-corrected chi connectivity index (χ3v) is 4.84. The lowest BCUT2D eigenvalue weighted by atomic mass is 10.1. The number of rotatable bonds is 3. The fraction of sp³-hybridized carbons (Fsp3) is 0.238. The van der Waals surface area contributed by atoms with Crippen LogP contribution >= 0.6 is 0 Å². The summed E-state index contributed by atoms with van der Waals surface area (Å²) < 4.78 is 13.1. The topological polar surface area (TPSA) is 6.48 Å². The molecule has 2 aliphatic carbocycles. The summed E-state index contributed by atoms with van der Waals surface area (Å²) in [4.78, 5) is 4.83. The summed E-state index contributed by atoms with van der Waals surface area (Å²) in [5, 5.41) is 0. The van der Waals surface area contributed by atoms with E-state index in [0.717, 1.165) is 38.4 Å². The zero-order chi connectivity index (χ0) is 16.4. The summed E-state index contributed by atoms with van der Waals surface area (Å²) in [6.07, 6.45) is 0. The van der Waals surface area contributed by atoms with Crippen molar-refractivity contribution in [2.45, 2.75) is 6.54 Å². The van der Waals surface area contributed by atoms with E-state index >= 15 is 0 Å². The van der Waals surface area contributed by atoms with E-state index in [1.165, 1.54) is 28.8 Å². The minimum Gasteiger partial charge on any atom is -0.369 e. The Hall–Kier alpha value is -2.39. The SMILES string of the molecule is Fc1ccc(N2CCN(Cc3ccc4cccccc3-4)CC2)cc1. The van der Waals surface area contributed by atoms with Crippen LogP contribution in [0.5, 0.6) is 0 Å². The second-order valence-electron chi connectivity index (χ2n) is 6.38. The van der Waals surface area contributed by atoms with Gasteiger partial charge >= 0.3 is 0 Å². The molecule has 0 atom stereocenters. The smallest absolute Gasteiger partial charge is 0.123 e. The highest BCUT2D eigenvalue weighted by Gasteiger charge is 2.19. The summed E-state index contributed by atoms with van der Waals surface area (Å²) in [5.41, 5.74) is 5.17. The van der Waals surface area contributed by atoms with Crippen LogP contribution < -0.4 is 4.90 Å². The van der Waals surface area contributed by atoms with Crippen molar-refractivity contribution in [3.8, 4) is 11.1 Å². The van der Waals surface area contributed by atoms with Gasteiger partial charge in [0.2, 0.25) is 0 Å². The van der Waals surface area contributed by atoms with Gasteiger partial charge in [-0.1, -0.05) is 42.5 Å². The van der Waals surface area contributed by atoms with Crippen molar-refractivity contribution in [3.05, 3.63) is 78.1 Å². The van der Waals surface area contributed by atoms with E-state index in [-0.39, 0.29) is 5.82 Å². The summed E-state index contributed by atoms with van der Waals surface area (Å²) in [5.74, 6) is -0.173. The van der Waals surface area contributed by atoms with E-state index in [0.29, 0.717) is 0 Å².